The Morgan fingerprint density at radius 3 is 2.37 bits per heavy atom. The molecule has 0 saturated carbocycles. The van der Waals surface area contributed by atoms with Gasteiger partial charge >= 0.3 is 0 Å². The van der Waals surface area contributed by atoms with Crippen LogP contribution in [0.3, 0.4) is 0 Å². The number of amides is 1. The first-order valence-corrected chi connectivity index (χ1v) is 10.3. The van der Waals surface area contributed by atoms with Gasteiger partial charge in [0.15, 0.2) is 11.5 Å². The lowest BCUT2D eigenvalue weighted by Gasteiger charge is -2.25. The Balaban J connectivity index is 1.47. The molecule has 1 saturated heterocycles. The summed E-state index contributed by atoms with van der Waals surface area (Å²) >= 11 is 0. The lowest BCUT2D eigenvalue weighted by atomic mass is 10.2. The first kappa shape index (κ1) is 17.8. The van der Waals surface area contributed by atoms with Gasteiger partial charge in [-0.25, -0.2) is 8.42 Å². The molecule has 1 amide bonds. The van der Waals surface area contributed by atoms with E-state index in [0.29, 0.717) is 35.8 Å². The number of rotatable bonds is 4. The number of nitrogens with one attached hydrogen (secondary N) is 1. The Labute approximate surface area is 157 Å². The maximum atomic E-state index is 12.7. The standard InChI is InChI=1S/C19H20N2O5S/c22-19(14-4-9-17-18(12-14)26-13-25-17)20-15-5-7-16(8-6-15)27(23,24)21-10-2-1-3-11-21/h4-9,12H,1-3,10-11,13H2,(H,20,22). The number of piperidine rings is 1. The van der Waals surface area contributed by atoms with E-state index in [4.69, 9.17) is 9.47 Å². The number of hydrogen-bond acceptors (Lipinski definition) is 5. The molecule has 2 aromatic carbocycles. The second-order valence-corrected chi connectivity index (χ2v) is 8.45. The molecule has 0 unspecified atom stereocenters. The van der Waals surface area contributed by atoms with Crippen molar-refractivity contribution in [1.82, 2.24) is 4.31 Å². The van der Waals surface area contributed by atoms with Gasteiger partial charge in [0.2, 0.25) is 16.8 Å². The third-order valence-electron chi connectivity index (χ3n) is 4.70. The zero-order valence-electron chi connectivity index (χ0n) is 14.7. The van der Waals surface area contributed by atoms with Gasteiger partial charge in [0, 0.05) is 24.3 Å². The second-order valence-electron chi connectivity index (χ2n) is 6.51. The van der Waals surface area contributed by atoms with Crippen molar-refractivity contribution in [3.05, 3.63) is 48.0 Å². The molecule has 2 aliphatic rings. The van der Waals surface area contributed by atoms with Crippen molar-refractivity contribution in [2.24, 2.45) is 0 Å². The summed E-state index contributed by atoms with van der Waals surface area (Å²) in [4.78, 5) is 12.7. The number of hydrogen-bond donors (Lipinski definition) is 1. The molecule has 2 heterocycles. The van der Waals surface area contributed by atoms with Gasteiger partial charge in [-0.05, 0) is 55.3 Å². The molecule has 7 nitrogen and oxygen atoms in total. The van der Waals surface area contributed by atoms with E-state index < -0.39 is 10.0 Å². The highest BCUT2D eigenvalue weighted by atomic mass is 32.2. The van der Waals surface area contributed by atoms with Crippen molar-refractivity contribution >= 4 is 21.6 Å². The normalized spacial score (nSPS) is 16.9. The molecule has 0 bridgehead atoms. The van der Waals surface area contributed by atoms with Gasteiger partial charge < -0.3 is 14.8 Å². The molecule has 1 fully saturated rings. The maximum absolute atomic E-state index is 12.7. The van der Waals surface area contributed by atoms with Crippen LogP contribution in [0.1, 0.15) is 29.6 Å². The molecular formula is C19H20N2O5S. The fourth-order valence-electron chi connectivity index (χ4n) is 3.21. The summed E-state index contributed by atoms with van der Waals surface area (Å²) in [7, 11) is -3.48. The van der Waals surface area contributed by atoms with E-state index in [9.17, 15) is 13.2 Å². The van der Waals surface area contributed by atoms with Crippen LogP contribution in [0.15, 0.2) is 47.4 Å². The van der Waals surface area contributed by atoms with E-state index in [2.05, 4.69) is 5.32 Å². The number of anilines is 1. The number of carbonyl (C=O) groups is 1. The SMILES string of the molecule is O=C(Nc1ccc(S(=O)(=O)N2CCCCC2)cc1)c1ccc2c(c1)OCO2. The summed E-state index contributed by atoms with van der Waals surface area (Å²) in [6, 6.07) is 11.2. The third-order valence-corrected chi connectivity index (χ3v) is 6.61. The van der Waals surface area contributed by atoms with E-state index in [-0.39, 0.29) is 17.6 Å². The van der Waals surface area contributed by atoms with Crippen molar-refractivity contribution in [2.45, 2.75) is 24.2 Å². The van der Waals surface area contributed by atoms with E-state index in [1.54, 1.807) is 30.3 Å². The minimum absolute atomic E-state index is 0.146. The minimum Gasteiger partial charge on any atom is -0.454 e. The number of nitrogens with zero attached hydrogens (tertiary/aromatic N) is 1. The molecule has 4 rings (SSSR count). The highest BCUT2D eigenvalue weighted by Crippen LogP contribution is 2.32. The van der Waals surface area contributed by atoms with Crippen LogP contribution in [0.2, 0.25) is 0 Å². The Hall–Kier alpha value is -2.58. The quantitative estimate of drug-likeness (QED) is 0.871. The highest BCUT2D eigenvalue weighted by molar-refractivity contribution is 7.89. The van der Waals surface area contributed by atoms with Crippen LogP contribution in [0.5, 0.6) is 11.5 Å². The van der Waals surface area contributed by atoms with E-state index in [1.807, 2.05) is 0 Å². The second kappa shape index (κ2) is 7.21. The van der Waals surface area contributed by atoms with Crippen molar-refractivity contribution in [3.63, 3.8) is 0 Å². The molecular weight excluding hydrogens is 368 g/mol. The summed E-state index contributed by atoms with van der Waals surface area (Å²) in [5.41, 5.74) is 0.958. The van der Waals surface area contributed by atoms with Gasteiger partial charge in [0.25, 0.3) is 5.91 Å². The topological polar surface area (TPSA) is 84.9 Å². The molecule has 0 aliphatic carbocycles. The fourth-order valence-corrected chi connectivity index (χ4v) is 4.72. The summed E-state index contributed by atoms with van der Waals surface area (Å²) in [5.74, 6) is 0.837. The van der Waals surface area contributed by atoms with Crippen LogP contribution in [0.25, 0.3) is 0 Å². The van der Waals surface area contributed by atoms with Crippen LogP contribution >= 0.6 is 0 Å². The molecule has 1 N–H and O–H groups in total. The van der Waals surface area contributed by atoms with Crippen molar-refractivity contribution in [2.75, 3.05) is 25.2 Å². The lowest BCUT2D eigenvalue weighted by Crippen LogP contribution is -2.35. The van der Waals surface area contributed by atoms with E-state index >= 15 is 0 Å². The van der Waals surface area contributed by atoms with Crippen molar-refractivity contribution in [1.29, 1.82) is 0 Å². The first-order chi connectivity index (χ1) is 13.0. The van der Waals surface area contributed by atoms with Gasteiger partial charge in [0.05, 0.1) is 4.90 Å². The van der Waals surface area contributed by atoms with Crippen LogP contribution in [0.4, 0.5) is 5.69 Å². The predicted octanol–water partition coefficient (Wildman–Crippen LogP) is 2.84. The number of ether oxygens (including phenoxy) is 2. The van der Waals surface area contributed by atoms with Gasteiger partial charge in [-0.2, -0.15) is 4.31 Å². The molecule has 2 aromatic rings. The number of benzene rings is 2. The molecule has 8 heteroatoms. The van der Waals surface area contributed by atoms with E-state index in [1.165, 1.54) is 16.4 Å². The predicted molar refractivity (Wildman–Crippen MR) is 99.6 cm³/mol. The zero-order valence-corrected chi connectivity index (χ0v) is 15.5. The summed E-state index contributed by atoms with van der Waals surface area (Å²) in [5, 5.41) is 2.76. The van der Waals surface area contributed by atoms with Crippen LogP contribution < -0.4 is 14.8 Å². The van der Waals surface area contributed by atoms with Gasteiger partial charge in [-0.15, -0.1) is 0 Å². The average Bonchev–Trinajstić information content (AvgIpc) is 3.17. The monoisotopic (exact) mass is 388 g/mol. The largest absolute Gasteiger partial charge is 0.454 e. The number of fused-ring (bicyclic) bond motifs is 1. The molecule has 0 radical (unpaired) electrons. The highest BCUT2D eigenvalue weighted by Gasteiger charge is 2.25. The third kappa shape index (κ3) is 3.63. The van der Waals surface area contributed by atoms with Crippen LogP contribution in [-0.2, 0) is 10.0 Å². The summed E-state index contributed by atoms with van der Waals surface area (Å²) in [6.45, 7) is 1.27. The lowest BCUT2D eigenvalue weighted by molar-refractivity contribution is 0.102. The summed E-state index contributed by atoms with van der Waals surface area (Å²) in [6.07, 6.45) is 2.85. The smallest absolute Gasteiger partial charge is 0.255 e. The summed E-state index contributed by atoms with van der Waals surface area (Å²) < 4.78 is 37.4. The number of sulfonamides is 1. The average molecular weight is 388 g/mol. The Morgan fingerprint density at radius 1 is 0.926 bits per heavy atom. The molecule has 0 aromatic heterocycles. The fraction of sp³-hybridized carbons (Fsp3) is 0.316. The Kier molecular flexibility index (Phi) is 4.75. The Bertz CT molecular complexity index is 951. The Morgan fingerprint density at radius 2 is 1.63 bits per heavy atom. The van der Waals surface area contributed by atoms with Crippen molar-refractivity contribution in [3.8, 4) is 11.5 Å². The maximum Gasteiger partial charge on any atom is 0.255 e. The van der Waals surface area contributed by atoms with Crippen molar-refractivity contribution < 1.29 is 22.7 Å². The van der Waals surface area contributed by atoms with Gasteiger partial charge in [-0.3, -0.25) is 4.79 Å². The van der Waals surface area contributed by atoms with Gasteiger partial charge in [-0.1, -0.05) is 6.42 Å². The molecule has 2 aliphatic heterocycles. The molecule has 142 valence electrons. The van der Waals surface area contributed by atoms with Crippen LogP contribution in [-0.4, -0.2) is 38.5 Å². The molecule has 0 atom stereocenters. The van der Waals surface area contributed by atoms with E-state index in [0.717, 1.165) is 19.3 Å². The van der Waals surface area contributed by atoms with Crippen LogP contribution in [0, 0.1) is 0 Å². The number of carbonyl (C=O) groups excluding carboxylic acids is 1. The van der Waals surface area contributed by atoms with Gasteiger partial charge in [0.1, 0.15) is 0 Å². The zero-order chi connectivity index (χ0) is 18.9. The first-order valence-electron chi connectivity index (χ1n) is 8.85. The minimum atomic E-state index is -3.48. The molecule has 27 heavy (non-hydrogen) atoms. The molecule has 0 spiro atoms.